The number of hydrogen-bond acceptors (Lipinski definition) is 3. The summed E-state index contributed by atoms with van der Waals surface area (Å²) in [6, 6.07) is 0. The third kappa shape index (κ3) is 4.21. The highest BCUT2D eigenvalue weighted by Crippen LogP contribution is 2.22. The lowest BCUT2D eigenvalue weighted by atomic mass is 9.92. The number of aldehydes is 1. The van der Waals surface area contributed by atoms with E-state index in [1.54, 1.807) is 4.90 Å². The van der Waals surface area contributed by atoms with Crippen LogP contribution in [0.25, 0.3) is 0 Å². The van der Waals surface area contributed by atoms with Crippen LogP contribution in [0.15, 0.2) is 0 Å². The van der Waals surface area contributed by atoms with Crippen LogP contribution >= 0.6 is 0 Å². The third-order valence-corrected chi connectivity index (χ3v) is 3.07. The molecule has 0 unspecified atom stereocenters. The van der Waals surface area contributed by atoms with Crippen molar-refractivity contribution in [3.8, 4) is 0 Å². The molecule has 1 amide bonds. The van der Waals surface area contributed by atoms with Crippen molar-refractivity contribution in [3.63, 3.8) is 0 Å². The molecule has 0 atom stereocenters. The van der Waals surface area contributed by atoms with Crippen molar-refractivity contribution in [2.45, 2.75) is 39.0 Å². The van der Waals surface area contributed by atoms with Crippen molar-refractivity contribution >= 4 is 12.4 Å². The normalized spacial score (nSPS) is 17.2. The Balaban J connectivity index is 2.17. The van der Waals surface area contributed by atoms with Crippen LogP contribution in [0.3, 0.4) is 0 Å². The van der Waals surface area contributed by atoms with Crippen LogP contribution < -0.4 is 0 Å². The smallest absolute Gasteiger partial charge is 0.409 e. The maximum absolute atomic E-state index is 11.4. The lowest BCUT2D eigenvalue weighted by molar-refractivity contribution is -0.108. The van der Waals surface area contributed by atoms with Crippen LogP contribution in [0.4, 0.5) is 4.79 Å². The van der Waals surface area contributed by atoms with Gasteiger partial charge in [0.1, 0.15) is 6.29 Å². The Bertz CT molecular complexity index is 222. The molecule has 0 aromatic heterocycles. The predicted molar refractivity (Wildman–Crippen MR) is 61.2 cm³/mol. The Morgan fingerprint density at radius 1 is 1.44 bits per heavy atom. The van der Waals surface area contributed by atoms with Crippen LogP contribution in [0.2, 0.25) is 0 Å². The Labute approximate surface area is 96.9 Å². The molecule has 4 nitrogen and oxygen atoms in total. The molecule has 4 heteroatoms. The van der Waals surface area contributed by atoms with E-state index >= 15 is 0 Å². The van der Waals surface area contributed by atoms with Crippen molar-refractivity contribution in [2.24, 2.45) is 5.92 Å². The fourth-order valence-corrected chi connectivity index (χ4v) is 2.11. The molecule has 0 aromatic carbocycles. The minimum atomic E-state index is -0.186. The highest BCUT2D eigenvalue weighted by molar-refractivity contribution is 5.67. The van der Waals surface area contributed by atoms with E-state index in [4.69, 9.17) is 4.74 Å². The van der Waals surface area contributed by atoms with Crippen molar-refractivity contribution in [3.05, 3.63) is 0 Å². The molecule has 0 aliphatic carbocycles. The van der Waals surface area contributed by atoms with E-state index in [1.165, 1.54) is 0 Å². The van der Waals surface area contributed by atoms with Crippen LogP contribution in [0.1, 0.15) is 39.0 Å². The molecule has 1 aliphatic heterocycles. The summed E-state index contributed by atoms with van der Waals surface area (Å²) in [5, 5.41) is 0. The Morgan fingerprint density at radius 3 is 2.69 bits per heavy atom. The van der Waals surface area contributed by atoms with E-state index in [2.05, 4.69) is 0 Å². The van der Waals surface area contributed by atoms with Crippen molar-refractivity contribution in [1.29, 1.82) is 0 Å². The topological polar surface area (TPSA) is 46.6 Å². The summed E-state index contributed by atoms with van der Waals surface area (Å²) in [5.74, 6) is 0.672. The standard InChI is InChI=1S/C12H21NO3/c1-2-16-12(15)13-8-6-11(7-9-13)5-3-4-10-14/h10-11H,2-9H2,1H3. The zero-order valence-electron chi connectivity index (χ0n) is 9.98. The summed E-state index contributed by atoms with van der Waals surface area (Å²) in [6.07, 6.45) is 5.62. The monoisotopic (exact) mass is 227 g/mol. The number of ether oxygens (including phenoxy) is 1. The molecular weight excluding hydrogens is 206 g/mol. The first-order valence-electron chi connectivity index (χ1n) is 6.13. The van der Waals surface area contributed by atoms with Gasteiger partial charge >= 0.3 is 6.09 Å². The maximum atomic E-state index is 11.4. The third-order valence-electron chi connectivity index (χ3n) is 3.07. The Hall–Kier alpha value is -1.06. The molecule has 16 heavy (non-hydrogen) atoms. The molecule has 92 valence electrons. The van der Waals surface area contributed by atoms with Gasteiger partial charge in [-0.3, -0.25) is 0 Å². The minimum Gasteiger partial charge on any atom is -0.450 e. The fraction of sp³-hybridized carbons (Fsp3) is 0.833. The van der Waals surface area contributed by atoms with Crippen LogP contribution in [0.5, 0.6) is 0 Å². The summed E-state index contributed by atoms with van der Waals surface area (Å²) in [6.45, 7) is 3.86. The lowest BCUT2D eigenvalue weighted by Gasteiger charge is -2.31. The molecular formula is C12H21NO3. The summed E-state index contributed by atoms with van der Waals surface area (Å²) < 4.78 is 4.96. The molecule has 0 aromatic rings. The molecule has 0 radical (unpaired) electrons. The van der Waals surface area contributed by atoms with Crippen LogP contribution in [0, 0.1) is 5.92 Å². The zero-order chi connectivity index (χ0) is 11.8. The molecule has 1 heterocycles. The van der Waals surface area contributed by atoms with Crippen LogP contribution in [-0.4, -0.2) is 37.0 Å². The molecule has 1 fully saturated rings. The first-order chi connectivity index (χ1) is 7.77. The largest absolute Gasteiger partial charge is 0.450 e. The van der Waals surface area contributed by atoms with Gasteiger partial charge in [-0.25, -0.2) is 4.79 Å². The number of nitrogens with zero attached hydrogens (tertiary/aromatic N) is 1. The van der Waals surface area contributed by atoms with E-state index in [1.807, 2.05) is 6.92 Å². The summed E-state index contributed by atoms with van der Waals surface area (Å²) in [4.78, 5) is 23.4. The number of unbranched alkanes of at least 4 members (excludes halogenated alkanes) is 1. The number of carbonyl (C=O) groups is 2. The van der Waals surface area contributed by atoms with E-state index in [9.17, 15) is 9.59 Å². The van der Waals surface area contributed by atoms with E-state index < -0.39 is 0 Å². The first-order valence-corrected chi connectivity index (χ1v) is 6.13. The van der Waals surface area contributed by atoms with Gasteiger partial charge in [0, 0.05) is 19.5 Å². The van der Waals surface area contributed by atoms with Gasteiger partial charge in [-0.2, -0.15) is 0 Å². The van der Waals surface area contributed by atoms with E-state index in [-0.39, 0.29) is 6.09 Å². The maximum Gasteiger partial charge on any atom is 0.409 e. The van der Waals surface area contributed by atoms with Crippen molar-refractivity contribution < 1.29 is 14.3 Å². The number of likely N-dealkylation sites (tertiary alicyclic amines) is 1. The highest BCUT2D eigenvalue weighted by atomic mass is 16.6. The average Bonchev–Trinajstić information content (AvgIpc) is 2.30. The van der Waals surface area contributed by atoms with Gasteiger partial charge in [0.05, 0.1) is 6.61 Å². The van der Waals surface area contributed by atoms with Gasteiger partial charge in [-0.15, -0.1) is 0 Å². The highest BCUT2D eigenvalue weighted by Gasteiger charge is 2.22. The van der Waals surface area contributed by atoms with E-state index in [0.29, 0.717) is 18.9 Å². The zero-order valence-corrected chi connectivity index (χ0v) is 9.98. The summed E-state index contributed by atoms with van der Waals surface area (Å²) in [5.41, 5.74) is 0. The molecule has 1 rings (SSSR count). The predicted octanol–water partition coefficient (Wildman–Crippen LogP) is 2.22. The number of hydrogen-bond donors (Lipinski definition) is 0. The van der Waals surface area contributed by atoms with Gasteiger partial charge < -0.3 is 14.4 Å². The second-order valence-electron chi connectivity index (χ2n) is 4.23. The van der Waals surface area contributed by atoms with Crippen molar-refractivity contribution in [1.82, 2.24) is 4.90 Å². The van der Waals surface area contributed by atoms with E-state index in [0.717, 1.165) is 45.1 Å². The molecule has 0 spiro atoms. The second-order valence-corrected chi connectivity index (χ2v) is 4.23. The SMILES string of the molecule is CCOC(=O)N1CCC(CCCC=O)CC1. The fourth-order valence-electron chi connectivity index (χ4n) is 2.11. The number of rotatable bonds is 5. The second kappa shape index (κ2) is 7.25. The Kier molecular flexibility index (Phi) is 5.90. The minimum absolute atomic E-state index is 0.186. The van der Waals surface area contributed by atoms with Gasteiger partial charge in [0.2, 0.25) is 0 Å². The molecule has 0 bridgehead atoms. The molecule has 0 N–H and O–H groups in total. The van der Waals surface area contributed by atoms with Gasteiger partial charge in [0.15, 0.2) is 0 Å². The van der Waals surface area contributed by atoms with Gasteiger partial charge in [-0.05, 0) is 38.5 Å². The number of carbonyl (C=O) groups excluding carboxylic acids is 2. The molecule has 1 saturated heterocycles. The van der Waals surface area contributed by atoms with Gasteiger partial charge in [-0.1, -0.05) is 0 Å². The number of piperidine rings is 1. The van der Waals surface area contributed by atoms with Gasteiger partial charge in [0.25, 0.3) is 0 Å². The lowest BCUT2D eigenvalue weighted by Crippen LogP contribution is -2.38. The van der Waals surface area contributed by atoms with Crippen molar-refractivity contribution in [2.75, 3.05) is 19.7 Å². The molecule has 1 aliphatic rings. The summed E-state index contributed by atoms with van der Waals surface area (Å²) >= 11 is 0. The molecule has 0 saturated carbocycles. The number of amides is 1. The summed E-state index contributed by atoms with van der Waals surface area (Å²) in [7, 11) is 0. The first kappa shape index (κ1) is 13.0. The average molecular weight is 227 g/mol. The Morgan fingerprint density at radius 2 is 2.12 bits per heavy atom. The quantitative estimate of drug-likeness (QED) is 0.534. The van der Waals surface area contributed by atoms with Crippen LogP contribution in [-0.2, 0) is 9.53 Å².